The molecule has 17 heavy (non-hydrogen) atoms. The highest BCUT2D eigenvalue weighted by molar-refractivity contribution is 8.00. The van der Waals surface area contributed by atoms with Gasteiger partial charge in [-0.3, -0.25) is 4.79 Å². The number of hydrogen-bond donors (Lipinski definition) is 0. The number of rotatable bonds is 3. The van der Waals surface area contributed by atoms with E-state index in [1.807, 2.05) is 31.3 Å². The van der Waals surface area contributed by atoms with Crippen LogP contribution in [0.5, 0.6) is 0 Å². The molecular weight excluding hydrogens is 254 g/mol. The van der Waals surface area contributed by atoms with Crippen LogP contribution in [-0.2, 0) is 4.79 Å². The molecule has 0 radical (unpaired) electrons. The lowest BCUT2D eigenvalue weighted by Crippen LogP contribution is -2.24. The number of nitrogens with zero attached hydrogens (tertiary/aromatic N) is 1. The van der Waals surface area contributed by atoms with E-state index in [9.17, 15) is 4.79 Å². The van der Waals surface area contributed by atoms with Gasteiger partial charge in [-0.25, -0.2) is 0 Å². The zero-order valence-electron chi connectivity index (χ0n) is 10.0. The molecule has 0 saturated carbocycles. The summed E-state index contributed by atoms with van der Waals surface area (Å²) < 4.78 is 0. The Morgan fingerprint density at radius 1 is 1.47 bits per heavy atom. The number of halogens is 1. The van der Waals surface area contributed by atoms with Crippen LogP contribution >= 0.6 is 23.4 Å². The normalized spacial score (nSPS) is 21.9. The predicted molar refractivity (Wildman–Crippen MR) is 73.5 cm³/mol. The van der Waals surface area contributed by atoms with Crippen molar-refractivity contribution in [3.63, 3.8) is 0 Å². The average Bonchev–Trinajstić information content (AvgIpc) is 2.61. The maximum absolute atomic E-state index is 11.8. The second kappa shape index (κ2) is 5.32. The van der Waals surface area contributed by atoms with Crippen LogP contribution in [0.1, 0.15) is 24.2 Å². The summed E-state index contributed by atoms with van der Waals surface area (Å²) in [5.74, 6) is 0.244. The number of carbonyl (C=O) groups excluding carboxylic acids is 1. The van der Waals surface area contributed by atoms with E-state index in [-0.39, 0.29) is 16.4 Å². The van der Waals surface area contributed by atoms with Gasteiger partial charge in [-0.15, -0.1) is 11.8 Å². The molecule has 1 aromatic rings. The zero-order valence-corrected chi connectivity index (χ0v) is 11.6. The van der Waals surface area contributed by atoms with E-state index in [0.717, 1.165) is 23.6 Å². The topological polar surface area (TPSA) is 20.3 Å². The number of carbonyl (C=O) groups is 1. The van der Waals surface area contributed by atoms with Crippen LogP contribution in [0.2, 0.25) is 5.02 Å². The van der Waals surface area contributed by atoms with Crippen LogP contribution in [-0.4, -0.2) is 29.6 Å². The molecule has 1 amide bonds. The monoisotopic (exact) mass is 269 g/mol. The number of likely N-dealkylation sites (tertiary alicyclic amines) is 1. The number of hydrogen-bond acceptors (Lipinski definition) is 2. The fourth-order valence-electron chi connectivity index (χ4n) is 2.04. The summed E-state index contributed by atoms with van der Waals surface area (Å²) in [5, 5.41) is 1.13. The zero-order chi connectivity index (χ0) is 12.4. The lowest BCUT2D eigenvalue weighted by molar-refractivity contribution is -0.126. The largest absolute Gasteiger partial charge is 0.345 e. The van der Waals surface area contributed by atoms with Crippen molar-refractivity contribution in [2.75, 3.05) is 13.6 Å². The minimum Gasteiger partial charge on any atom is -0.345 e. The molecule has 92 valence electrons. The van der Waals surface area contributed by atoms with Gasteiger partial charge in [0.15, 0.2) is 0 Å². The predicted octanol–water partition coefficient (Wildman–Crippen LogP) is 3.36. The van der Waals surface area contributed by atoms with Crippen LogP contribution in [0, 0.1) is 0 Å². The third-order valence-corrected chi connectivity index (χ3v) is 4.86. The first kappa shape index (κ1) is 12.8. The highest BCUT2D eigenvalue weighted by Crippen LogP contribution is 2.38. The van der Waals surface area contributed by atoms with Crippen molar-refractivity contribution < 1.29 is 4.79 Å². The Hall–Kier alpha value is -0.670. The fraction of sp³-hybridized carbons (Fsp3) is 0.462. The van der Waals surface area contributed by atoms with Gasteiger partial charge in [0.25, 0.3) is 0 Å². The summed E-state index contributed by atoms with van der Waals surface area (Å²) in [5.41, 5.74) is 1.11. The Kier molecular flexibility index (Phi) is 4.00. The van der Waals surface area contributed by atoms with E-state index in [1.54, 1.807) is 16.7 Å². The van der Waals surface area contributed by atoms with Crippen LogP contribution in [0.4, 0.5) is 0 Å². The van der Waals surface area contributed by atoms with Crippen molar-refractivity contribution in [2.45, 2.75) is 23.8 Å². The smallest absolute Gasteiger partial charge is 0.235 e. The minimum atomic E-state index is 0.0891. The fourth-order valence-corrected chi connectivity index (χ4v) is 3.79. The van der Waals surface area contributed by atoms with E-state index in [2.05, 4.69) is 6.92 Å². The quantitative estimate of drug-likeness (QED) is 0.839. The molecule has 0 spiro atoms. The molecule has 0 bridgehead atoms. The molecule has 1 saturated heterocycles. The van der Waals surface area contributed by atoms with Crippen molar-refractivity contribution in [1.29, 1.82) is 0 Å². The van der Waals surface area contributed by atoms with E-state index < -0.39 is 0 Å². The molecule has 1 aromatic carbocycles. The summed E-state index contributed by atoms with van der Waals surface area (Å²) in [4.78, 5) is 13.6. The van der Waals surface area contributed by atoms with E-state index in [1.165, 1.54) is 0 Å². The van der Waals surface area contributed by atoms with Gasteiger partial charge >= 0.3 is 0 Å². The molecule has 1 fully saturated rings. The van der Waals surface area contributed by atoms with Crippen LogP contribution in [0.15, 0.2) is 24.3 Å². The first-order valence-corrected chi connectivity index (χ1v) is 7.06. The Morgan fingerprint density at radius 2 is 2.18 bits per heavy atom. The maximum atomic E-state index is 11.8. The third-order valence-electron chi connectivity index (χ3n) is 3.09. The molecule has 0 aromatic heterocycles. The summed E-state index contributed by atoms with van der Waals surface area (Å²) in [6.45, 7) is 2.98. The molecule has 0 N–H and O–H groups in total. The van der Waals surface area contributed by atoms with Gasteiger partial charge in [0.2, 0.25) is 5.91 Å². The summed E-state index contributed by atoms with van der Waals surface area (Å²) in [7, 11) is 1.86. The molecule has 2 atom stereocenters. The van der Waals surface area contributed by atoms with Crippen LogP contribution in [0.3, 0.4) is 0 Å². The first-order chi connectivity index (χ1) is 8.09. The summed E-state index contributed by atoms with van der Waals surface area (Å²) >= 11 is 7.87. The highest BCUT2D eigenvalue weighted by Gasteiger charge is 2.31. The standard InChI is InChI=1S/C13H16ClNOS/c1-9(10-5-3-4-6-11(10)14)17-12-7-8-15(2)13(12)16/h3-6,9,12H,7-8H2,1-2H3/t9-,12-/m0/s1. The Bertz CT molecular complexity index is 424. The molecule has 0 aliphatic carbocycles. The SMILES string of the molecule is C[C@H](S[C@H]1CCN(C)C1=O)c1ccccc1Cl. The van der Waals surface area contributed by atoms with Gasteiger partial charge in [0.1, 0.15) is 0 Å². The highest BCUT2D eigenvalue weighted by atomic mass is 35.5. The van der Waals surface area contributed by atoms with Crippen molar-refractivity contribution in [2.24, 2.45) is 0 Å². The maximum Gasteiger partial charge on any atom is 0.235 e. The molecule has 2 rings (SSSR count). The Labute approximate surface area is 111 Å². The Balaban J connectivity index is 2.05. The van der Waals surface area contributed by atoms with E-state index in [4.69, 9.17) is 11.6 Å². The molecule has 1 heterocycles. The van der Waals surface area contributed by atoms with Gasteiger partial charge in [-0.05, 0) is 25.0 Å². The molecule has 1 aliphatic heterocycles. The molecule has 2 nitrogen and oxygen atoms in total. The Morgan fingerprint density at radius 3 is 2.76 bits per heavy atom. The van der Waals surface area contributed by atoms with E-state index in [0.29, 0.717) is 0 Å². The van der Waals surface area contributed by atoms with Gasteiger partial charge < -0.3 is 4.90 Å². The second-order valence-corrected chi connectivity index (χ2v) is 6.29. The average molecular weight is 270 g/mol. The second-order valence-electron chi connectivity index (χ2n) is 4.34. The lowest BCUT2D eigenvalue weighted by atomic mass is 10.2. The molecule has 0 unspecified atom stereocenters. The number of benzene rings is 1. The summed E-state index contributed by atoms with van der Waals surface area (Å²) in [6, 6.07) is 7.85. The van der Waals surface area contributed by atoms with Gasteiger partial charge in [-0.2, -0.15) is 0 Å². The van der Waals surface area contributed by atoms with Crippen molar-refractivity contribution in [1.82, 2.24) is 4.90 Å². The van der Waals surface area contributed by atoms with Crippen molar-refractivity contribution in [3.8, 4) is 0 Å². The molecule has 4 heteroatoms. The van der Waals surface area contributed by atoms with Gasteiger partial charge in [0, 0.05) is 23.9 Å². The van der Waals surface area contributed by atoms with Crippen LogP contribution < -0.4 is 0 Å². The third kappa shape index (κ3) is 2.78. The first-order valence-electron chi connectivity index (χ1n) is 5.74. The number of thioether (sulfide) groups is 1. The van der Waals surface area contributed by atoms with E-state index >= 15 is 0 Å². The summed E-state index contributed by atoms with van der Waals surface area (Å²) in [6.07, 6.45) is 0.939. The lowest BCUT2D eigenvalue weighted by Gasteiger charge is -2.17. The van der Waals surface area contributed by atoms with Gasteiger partial charge in [0.05, 0.1) is 5.25 Å². The molecule has 1 aliphatic rings. The van der Waals surface area contributed by atoms with Crippen LogP contribution in [0.25, 0.3) is 0 Å². The van der Waals surface area contributed by atoms with Crippen molar-refractivity contribution in [3.05, 3.63) is 34.9 Å². The molecular formula is C13H16ClNOS. The van der Waals surface area contributed by atoms with Gasteiger partial charge in [-0.1, -0.05) is 29.8 Å². The minimum absolute atomic E-state index is 0.0891. The van der Waals surface area contributed by atoms with Crippen molar-refractivity contribution >= 4 is 29.3 Å². The number of amides is 1.